The normalized spacial score (nSPS) is 10.2. The number of para-hydroxylation sites is 1. The van der Waals surface area contributed by atoms with Crippen molar-refractivity contribution in [2.45, 2.75) is 0 Å². The Kier molecular flexibility index (Phi) is 4.30. The fraction of sp³-hybridized carbons (Fsp3) is 0. The summed E-state index contributed by atoms with van der Waals surface area (Å²) < 4.78 is 5.37. The van der Waals surface area contributed by atoms with Crippen LogP contribution in [0.2, 0.25) is 10.0 Å². The van der Waals surface area contributed by atoms with Gasteiger partial charge in [-0.25, -0.2) is 4.79 Å². The van der Waals surface area contributed by atoms with E-state index in [0.29, 0.717) is 5.75 Å². The Morgan fingerprint density at radius 2 is 1.86 bits per heavy atom. The number of ether oxygens (including phenoxy) is 1. The molecule has 108 valence electrons. The fourth-order valence-corrected chi connectivity index (χ4v) is 2.15. The van der Waals surface area contributed by atoms with Crippen molar-refractivity contribution in [3.8, 4) is 11.5 Å². The van der Waals surface area contributed by atoms with E-state index in [9.17, 15) is 14.9 Å². The number of aromatic carboxylic acids is 1. The highest BCUT2D eigenvalue weighted by Gasteiger charge is 2.29. The van der Waals surface area contributed by atoms with Gasteiger partial charge in [0.05, 0.1) is 15.5 Å². The maximum absolute atomic E-state index is 11.1. The lowest BCUT2D eigenvalue weighted by molar-refractivity contribution is -0.385. The van der Waals surface area contributed by atoms with Gasteiger partial charge in [-0.05, 0) is 18.2 Å². The number of nitro benzene ring substituents is 1. The van der Waals surface area contributed by atoms with Gasteiger partial charge in [-0.15, -0.1) is 0 Å². The zero-order valence-electron chi connectivity index (χ0n) is 10.2. The van der Waals surface area contributed by atoms with Crippen LogP contribution in [0.15, 0.2) is 36.4 Å². The first-order valence-corrected chi connectivity index (χ1v) is 6.30. The number of halogens is 2. The van der Waals surface area contributed by atoms with Crippen LogP contribution in [0.4, 0.5) is 5.69 Å². The van der Waals surface area contributed by atoms with Crippen LogP contribution >= 0.6 is 23.2 Å². The van der Waals surface area contributed by atoms with Crippen molar-refractivity contribution in [3.63, 3.8) is 0 Å². The second-order valence-electron chi connectivity index (χ2n) is 3.88. The summed E-state index contributed by atoms with van der Waals surface area (Å²) in [7, 11) is 0. The van der Waals surface area contributed by atoms with E-state index in [1.807, 2.05) is 0 Å². The minimum Gasteiger partial charge on any atom is -0.478 e. The number of rotatable bonds is 4. The lowest BCUT2D eigenvalue weighted by atomic mass is 10.2. The summed E-state index contributed by atoms with van der Waals surface area (Å²) in [4.78, 5) is 21.3. The van der Waals surface area contributed by atoms with E-state index in [1.165, 1.54) is 0 Å². The third kappa shape index (κ3) is 3.07. The van der Waals surface area contributed by atoms with E-state index in [0.717, 1.165) is 6.07 Å². The quantitative estimate of drug-likeness (QED) is 0.664. The third-order valence-corrected chi connectivity index (χ3v) is 3.19. The number of carboxylic acids is 1. The molecule has 0 amide bonds. The molecule has 0 atom stereocenters. The Morgan fingerprint density at radius 3 is 2.38 bits per heavy atom. The van der Waals surface area contributed by atoms with Crippen molar-refractivity contribution in [1.82, 2.24) is 0 Å². The fourth-order valence-electron chi connectivity index (χ4n) is 1.62. The topological polar surface area (TPSA) is 89.7 Å². The molecule has 0 fully saturated rings. The highest BCUT2D eigenvalue weighted by Crippen LogP contribution is 2.44. The van der Waals surface area contributed by atoms with Crippen molar-refractivity contribution >= 4 is 34.9 Å². The predicted octanol–water partition coefficient (Wildman–Crippen LogP) is 4.39. The van der Waals surface area contributed by atoms with Gasteiger partial charge in [-0.1, -0.05) is 41.4 Å². The number of carboxylic acid groups (broad SMARTS) is 1. The summed E-state index contributed by atoms with van der Waals surface area (Å²) in [5.74, 6) is -1.42. The van der Waals surface area contributed by atoms with Crippen LogP contribution in [0.5, 0.6) is 11.5 Å². The molecule has 0 spiro atoms. The number of carbonyl (C=O) groups is 1. The molecule has 0 aromatic heterocycles. The number of benzene rings is 2. The molecule has 0 saturated heterocycles. The molecule has 0 saturated carbocycles. The predicted molar refractivity (Wildman–Crippen MR) is 76.6 cm³/mol. The summed E-state index contributed by atoms with van der Waals surface area (Å²) in [6.07, 6.45) is 0. The number of nitrogens with zero attached hydrogens (tertiary/aromatic N) is 1. The molecule has 0 radical (unpaired) electrons. The highest BCUT2D eigenvalue weighted by molar-refractivity contribution is 6.38. The van der Waals surface area contributed by atoms with E-state index >= 15 is 0 Å². The minimum atomic E-state index is -1.42. The second kappa shape index (κ2) is 5.99. The molecule has 2 aromatic rings. The molecule has 0 bridgehead atoms. The van der Waals surface area contributed by atoms with Crippen LogP contribution < -0.4 is 4.74 Å². The number of hydrogen-bond acceptors (Lipinski definition) is 4. The molecule has 0 unspecified atom stereocenters. The molecule has 2 aromatic carbocycles. The van der Waals surface area contributed by atoms with Gasteiger partial charge in [0.1, 0.15) is 10.8 Å². The standard InChI is InChI=1S/C13H7Cl2NO5/c14-9-6-8(13(17)18)10(15)11(16(19)20)12(9)21-7-4-2-1-3-5-7/h1-6H,(H,17,18). The zero-order chi connectivity index (χ0) is 15.6. The van der Waals surface area contributed by atoms with Gasteiger partial charge in [0.15, 0.2) is 0 Å². The molecule has 1 N–H and O–H groups in total. The first-order valence-electron chi connectivity index (χ1n) is 5.54. The van der Waals surface area contributed by atoms with Crippen LogP contribution in [-0.4, -0.2) is 16.0 Å². The molecule has 0 aliphatic rings. The van der Waals surface area contributed by atoms with E-state index in [2.05, 4.69) is 0 Å². The lowest BCUT2D eigenvalue weighted by Crippen LogP contribution is -2.03. The summed E-state index contributed by atoms with van der Waals surface area (Å²) in [6, 6.07) is 9.23. The Morgan fingerprint density at radius 1 is 1.24 bits per heavy atom. The van der Waals surface area contributed by atoms with Crippen molar-refractivity contribution < 1.29 is 19.6 Å². The van der Waals surface area contributed by atoms with Gasteiger partial charge in [0.2, 0.25) is 5.75 Å². The molecule has 0 aliphatic carbocycles. The number of nitro groups is 1. The van der Waals surface area contributed by atoms with Gasteiger partial charge in [-0.3, -0.25) is 10.1 Å². The van der Waals surface area contributed by atoms with Crippen LogP contribution in [0, 0.1) is 10.1 Å². The van der Waals surface area contributed by atoms with Crippen molar-refractivity contribution in [2.24, 2.45) is 0 Å². The van der Waals surface area contributed by atoms with Crippen LogP contribution in [-0.2, 0) is 0 Å². The first-order chi connectivity index (χ1) is 9.91. The first kappa shape index (κ1) is 15.1. The monoisotopic (exact) mass is 327 g/mol. The van der Waals surface area contributed by atoms with E-state index in [4.69, 9.17) is 33.0 Å². The molecule has 0 aliphatic heterocycles. The lowest BCUT2D eigenvalue weighted by Gasteiger charge is -2.10. The van der Waals surface area contributed by atoms with Gasteiger partial charge < -0.3 is 9.84 Å². The largest absolute Gasteiger partial charge is 0.478 e. The Labute approximate surface area is 128 Å². The Balaban J connectivity index is 2.62. The van der Waals surface area contributed by atoms with E-state index < -0.39 is 27.2 Å². The highest BCUT2D eigenvalue weighted by atomic mass is 35.5. The molecule has 6 nitrogen and oxygen atoms in total. The Hall–Kier alpha value is -2.31. The van der Waals surface area contributed by atoms with Crippen molar-refractivity contribution in [3.05, 3.63) is 62.1 Å². The van der Waals surface area contributed by atoms with Crippen LogP contribution in [0.3, 0.4) is 0 Å². The summed E-state index contributed by atoms with van der Waals surface area (Å²) in [6.45, 7) is 0. The van der Waals surface area contributed by atoms with Gasteiger partial charge >= 0.3 is 11.7 Å². The van der Waals surface area contributed by atoms with Gasteiger partial charge in [-0.2, -0.15) is 0 Å². The van der Waals surface area contributed by atoms with Crippen molar-refractivity contribution in [1.29, 1.82) is 0 Å². The van der Waals surface area contributed by atoms with Crippen LogP contribution in [0.25, 0.3) is 0 Å². The van der Waals surface area contributed by atoms with Gasteiger partial charge in [0, 0.05) is 0 Å². The SMILES string of the molecule is O=C(O)c1cc(Cl)c(Oc2ccccc2)c([N+](=O)[O-])c1Cl. The summed E-state index contributed by atoms with van der Waals surface area (Å²) in [5.41, 5.74) is -1.15. The average molecular weight is 328 g/mol. The maximum atomic E-state index is 11.1. The Bertz CT molecular complexity index is 718. The minimum absolute atomic E-state index is 0.215. The number of hydrogen-bond donors (Lipinski definition) is 1. The second-order valence-corrected chi connectivity index (χ2v) is 4.66. The molecule has 21 heavy (non-hydrogen) atoms. The molecule has 0 heterocycles. The zero-order valence-corrected chi connectivity index (χ0v) is 11.8. The van der Waals surface area contributed by atoms with Gasteiger partial charge in [0.25, 0.3) is 0 Å². The molecule has 2 rings (SSSR count). The third-order valence-electron chi connectivity index (χ3n) is 2.52. The van der Waals surface area contributed by atoms with E-state index in [-0.39, 0.29) is 10.8 Å². The van der Waals surface area contributed by atoms with Crippen molar-refractivity contribution in [2.75, 3.05) is 0 Å². The van der Waals surface area contributed by atoms with Crippen LogP contribution in [0.1, 0.15) is 10.4 Å². The summed E-state index contributed by atoms with van der Waals surface area (Å²) in [5, 5.41) is 19.4. The molecular weight excluding hydrogens is 321 g/mol. The average Bonchev–Trinajstić information content (AvgIpc) is 2.43. The smallest absolute Gasteiger partial charge is 0.337 e. The van der Waals surface area contributed by atoms with E-state index in [1.54, 1.807) is 30.3 Å². The maximum Gasteiger partial charge on any atom is 0.337 e. The summed E-state index contributed by atoms with van der Waals surface area (Å²) >= 11 is 11.7. The molecular formula is C13H7Cl2NO5. The molecule has 8 heteroatoms.